The van der Waals surface area contributed by atoms with Gasteiger partial charge in [0.1, 0.15) is 0 Å². The van der Waals surface area contributed by atoms with Gasteiger partial charge in [0.15, 0.2) is 5.60 Å². The molecule has 0 spiro atoms. The summed E-state index contributed by atoms with van der Waals surface area (Å²) in [5, 5.41) is 1.00. The second kappa shape index (κ2) is 4.47. The Morgan fingerprint density at radius 1 is 1.40 bits per heavy atom. The molecule has 0 saturated carbocycles. The van der Waals surface area contributed by atoms with Crippen LogP contribution >= 0.6 is 0 Å². The maximum absolute atomic E-state index is 12.3. The highest BCUT2D eigenvalue weighted by molar-refractivity contribution is 5.95. The minimum Gasteiger partial charge on any atom is -0.453 e. The Kier molecular flexibility index (Phi) is 2.89. The lowest BCUT2D eigenvalue weighted by Gasteiger charge is -2.36. The molecule has 1 aromatic heterocycles. The van der Waals surface area contributed by atoms with Crippen molar-refractivity contribution in [3.8, 4) is 0 Å². The number of hydrogen-bond acceptors (Lipinski definition) is 3. The maximum Gasteiger partial charge on any atom is 0.303 e. The highest BCUT2D eigenvalue weighted by Gasteiger charge is 2.42. The van der Waals surface area contributed by atoms with Crippen LogP contribution in [0.4, 0.5) is 0 Å². The number of benzene rings is 1. The van der Waals surface area contributed by atoms with Crippen molar-refractivity contribution in [3.05, 3.63) is 36.0 Å². The molecule has 0 aliphatic carbocycles. The summed E-state index contributed by atoms with van der Waals surface area (Å²) < 4.78 is 7.33. The van der Waals surface area contributed by atoms with E-state index < -0.39 is 5.60 Å². The van der Waals surface area contributed by atoms with Gasteiger partial charge in [0.25, 0.3) is 0 Å². The average Bonchev–Trinajstić information content (AvgIpc) is 2.82. The van der Waals surface area contributed by atoms with Crippen LogP contribution in [-0.4, -0.2) is 16.4 Å². The molecule has 4 nitrogen and oxygen atoms in total. The molecule has 2 heterocycles. The van der Waals surface area contributed by atoms with Crippen LogP contribution in [0.1, 0.15) is 43.6 Å². The van der Waals surface area contributed by atoms with Gasteiger partial charge >= 0.3 is 5.97 Å². The molecule has 1 atom stereocenters. The van der Waals surface area contributed by atoms with Crippen LogP contribution in [0.3, 0.4) is 0 Å². The highest BCUT2D eigenvalue weighted by Crippen LogP contribution is 2.41. The van der Waals surface area contributed by atoms with Crippen molar-refractivity contribution >= 4 is 22.8 Å². The number of hydrogen-bond donors (Lipinski definition) is 0. The lowest BCUT2D eigenvalue weighted by atomic mass is 9.87. The van der Waals surface area contributed by atoms with Crippen molar-refractivity contribution in [2.75, 3.05) is 0 Å². The third-order valence-electron chi connectivity index (χ3n) is 4.08. The molecule has 0 fully saturated rings. The zero-order chi connectivity index (χ0) is 14.3. The van der Waals surface area contributed by atoms with E-state index in [1.165, 1.54) is 6.92 Å². The fourth-order valence-corrected chi connectivity index (χ4v) is 3.12. The molecule has 1 unspecified atom stereocenters. The summed E-state index contributed by atoms with van der Waals surface area (Å²) in [7, 11) is 0. The van der Waals surface area contributed by atoms with Crippen LogP contribution < -0.4 is 0 Å². The molecule has 0 bridgehead atoms. The first-order chi connectivity index (χ1) is 9.57. The van der Waals surface area contributed by atoms with Crippen LogP contribution in [0, 0.1) is 0 Å². The number of rotatable bonds is 2. The zero-order valence-corrected chi connectivity index (χ0v) is 11.7. The number of ether oxygens (including phenoxy) is 1. The second-order valence-electron chi connectivity index (χ2n) is 5.26. The molecule has 0 amide bonds. The predicted molar refractivity (Wildman–Crippen MR) is 75.5 cm³/mol. The van der Waals surface area contributed by atoms with Gasteiger partial charge < -0.3 is 4.74 Å². The Labute approximate surface area is 117 Å². The van der Waals surface area contributed by atoms with Crippen molar-refractivity contribution in [2.45, 2.75) is 38.7 Å². The summed E-state index contributed by atoms with van der Waals surface area (Å²) in [6.45, 7) is 3.40. The van der Waals surface area contributed by atoms with Crippen molar-refractivity contribution < 1.29 is 14.3 Å². The van der Waals surface area contributed by atoms with E-state index in [2.05, 4.69) is 0 Å². The Morgan fingerprint density at radius 2 is 2.15 bits per heavy atom. The van der Waals surface area contributed by atoms with Crippen LogP contribution in [0.2, 0.25) is 0 Å². The first-order valence-corrected chi connectivity index (χ1v) is 6.91. The van der Waals surface area contributed by atoms with E-state index in [1.54, 1.807) is 4.57 Å². The van der Waals surface area contributed by atoms with Gasteiger partial charge in [-0.3, -0.25) is 14.2 Å². The van der Waals surface area contributed by atoms with Gasteiger partial charge in [0, 0.05) is 25.2 Å². The van der Waals surface area contributed by atoms with Gasteiger partial charge in [0.2, 0.25) is 5.91 Å². The van der Waals surface area contributed by atoms with E-state index in [4.69, 9.17) is 4.74 Å². The molecular weight excluding hydrogens is 254 g/mol. The highest BCUT2D eigenvalue weighted by atomic mass is 16.6. The van der Waals surface area contributed by atoms with Gasteiger partial charge in [-0.1, -0.05) is 25.1 Å². The molecule has 0 radical (unpaired) electrons. The molecule has 3 rings (SSSR count). The lowest BCUT2D eigenvalue weighted by Crippen LogP contribution is -2.39. The SMILES string of the molecule is CCC1(OC(C)=O)CCC(=O)n2c1cc1ccccc12. The van der Waals surface area contributed by atoms with Gasteiger partial charge in [0.05, 0.1) is 11.2 Å². The van der Waals surface area contributed by atoms with E-state index >= 15 is 0 Å². The van der Waals surface area contributed by atoms with Crippen molar-refractivity contribution in [1.82, 2.24) is 4.57 Å². The maximum atomic E-state index is 12.3. The van der Waals surface area contributed by atoms with Crippen LogP contribution in [0.15, 0.2) is 30.3 Å². The quantitative estimate of drug-likeness (QED) is 0.788. The summed E-state index contributed by atoms with van der Waals surface area (Å²) in [5.41, 5.74) is 1.00. The minimum atomic E-state index is -0.682. The molecule has 1 aliphatic heterocycles. The summed E-state index contributed by atoms with van der Waals surface area (Å²) in [4.78, 5) is 23.7. The first kappa shape index (κ1) is 12.9. The number of fused-ring (bicyclic) bond motifs is 3. The van der Waals surface area contributed by atoms with Gasteiger partial charge in [-0.05, 0) is 18.6 Å². The Bertz CT molecular complexity index is 701. The van der Waals surface area contributed by atoms with E-state index in [-0.39, 0.29) is 11.9 Å². The Balaban J connectivity index is 2.27. The third kappa shape index (κ3) is 1.75. The van der Waals surface area contributed by atoms with Gasteiger partial charge in [-0.15, -0.1) is 0 Å². The average molecular weight is 271 g/mol. The molecule has 1 aromatic carbocycles. The van der Waals surface area contributed by atoms with E-state index in [0.29, 0.717) is 19.3 Å². The topological polar surface area (TPSA) is 48.3 Å². The third-order valence-corrected chi connectivity index (χ3v) is 4.08. The molecule has 0 N–H and O–H groups in total. The molecule has 104 valence electrons. The Hall–Kier alpha value is -2.10. The first-order valence-electron chi connectivity index (χ1n) is 6.91. The van der Waals surface area contributed by atoms with E-state index in [9.17, 15) is 9.59 Å². The smallest absolute Gasteiger partial charge is 0.303 e. The Morgan fingerprint density at radius 3 is 2.85 bits per heavy atom. The molecule has 4 heteroatoms. The van der Waals surface area contributed by atoms with Crippen molar-refractivity contribution in [2.24, 2.45) is 0 Å². The number of esters is 1. The molecule has 1 aliphatic rings. The van der Waals surface area contributed by atoms with E-state index in [1.807, 2.05) is 37.3 Å². The lowest BCUT2D eigenvalue weighted by molar-refractivity contribution is -0.161. The second-order valence-corrected chi connectivity index (χ2v) is 5.26. The number of carbonyl (C=O) groups is 2. The van der Waals surface area contributed by atoms with Crippen LogP contribution in [0.5, 0.6) is 0 Å². The normalized spacial score (nSPS) is 21.8. The molecule has 2 aromatic rings. The minimum absolute atomic E-state index is 0.0671. The van der Waals surface area contributed by atoms with Gasteiger partial charge in [-0.2, -0.15) is 0 Å². The fraction of sp³-hybridized carbons (Fsp3) is 0.375. The fourth-order valence-electron chi connectivity index (χ4n) is 3.12. The predicted octanol–water partition coefficient (Wildman–Crippen LogP) is 3.24. The monoisotopic (exact) mass is 271 g/mol. The molecule has 20 heavy (non-hydrogen) atoms. The number of para-hydroxylation sites is 1. The van der Waals surface area contributed by atoms with Crippen molar-refractivity contribution in [3.63, 3.8) is 0 Å². The van der Waals surface area contributed by atoms with Crippen LogP contribution in [-0.2, 0) is 15.1 Å². The summed E-state index contributed by atoms with van der Waals surface area (Å²) in [6, 6.07) is 9.73. The number of nitrogens with zero attached hydrogens (tertiary/aromatic N) is 1. The van der Waals surface area contributed by atoms with Gasteiger partial charge in [-0.25, -0.2) is 0 Å². The van der Waals surface area contributed by atoms with Crippen LogP contribution in [0.25, 0.3) is 10.9 Å². The molecular formula is C16H17NO3. The molecule has 0 saturated heterocycles. The summed E-state index contributed by atoms with van der Waals surface area (Å²) in [6.07, 6.45) is 1.61. The summed E-state index contributed by atoms with van der Waals surface area (Å²) in [5.74, 6) is -0.240. The summed E-state index contributed by atoms with van der Waals surface area (Å²) >= 11 is 0. The number of carbonyl (C=O) groups excluding carboxylic acids is 2. The van der Waals surface area contributed by atoms with Crippen molar-refractivity contribution in [1.29, 1.82) is 0 Å². The standard InChI is InChI=1S/C16H17NO3/c1-3-16(20-11(2)18)9-8-15(19)17-13-7-5-4-6-12(13)10-14(16)17/h4-7,10H,3,8-9H2,1-2H3. The van der Waals surface area contributed by atoms with E-state index in [0.717, 1.165) is 16.6 Å². The zero-order valence-electron chi connectivity index (χ0n) is 11.7. The largest absolute Gasteiger partial charge is 0.453 e. The number of aromatic nitrogens is 1.